The molecule has 0 N–H and O–H groups in total. The molecule has 4 heteroatoms. The highest BCUT2D eigenvalue weighted by atomic mass is 16.5. The molecule has 22 heavy (non-hydrogen) atoms. The summed E-state index contributed by atoms with van der Waals surface area (Å²) in [7, 11) is 0. The Morgan fingerprint density at radius 2 is 1.82 bits per heavy atom. The van der Waals surface area contributed by atoms with E-state index >= 15 is 0 Å². The van der Waals surface area contributed by atoms with Crippen molar-refractivity contribution in [1.82, 2.24) is 0 Å². The fraction of sp³-hybridized carbons (Fsp3) is 0.556. The van der Waals surface area contributed by atoms with Crippen molar-refractivity contribution in [2.75, 3.05) is 13.2 Å². The van der Waals surface area contributed by atoms with E-state index in [1.807, 2.05) is 20.8 Å². The van der Waals surface area contributed by atoms with Crippen LogP contribution >= 0.6 is 0 Å². The van der Waals surface area contributed by atoms with Gasteiger partial charge in [0.25, 0.3) is 5.78 Å². The van der Waals surface area contributed by atoms with Crippen LogP contribution in [0.2, 0.25) is 0 Å². The monoisotopic (exact) mass is 306 g/mol. The van der Waals surface area contributed by atoms with Crippen molar-refractivity contribution in [2.45, 2.75) is 47.0 Å². The summed E-state index contributed by atoms with van der Waals surface area (Å²) in [6, 6.07) is 5.11. The number of hydrogen-bond donors (Lipinski definition) is 0. The van der Waals surface area contributed by atoms with E-state index in [2.05, 4.69) is 13.8 Å². The molecule has 122 valence electrons. The van der Waals surface area contributed by atoms with Crippen LogP contribution in [0.15, 0.2) is 18.2 Å². The van der Waals surface area contributed by atoms with Gasteiger partial charge in [0.2, 0.25) is 0 Å². The van der Waals surface area contributed by atoms with E-state index in [1.165, 1.54) is 0 Å². The Bertz CT molecular complexity index is 539. The molecular formula is C18H26O4. The van der Waals surface area contributed by atoms with Gasteiger partial charge in [0.05, 0.1) is 13.2 Å². The number of ketones is 1. The number of ether oxygens (including phenoxy) is 2. The maximum atomic E-state index is 12.1. The average molecular weight is 306 g/mol. The first kappa shape index (κ1) is 18.2. The molecule has 0 aliphatic heterocycles. The third kappa shape index (κ3) is 4.86. The van der Waals surface area contributed by atoms with Gasteiger partial charge in [-0.3, -0.25) is 4.79 Å². The van der Waals surface area contributed by atoms with Gasteiger partial charge in [0.15, 0.2) is 0 Å². The second-order valence-electron chi connectivity index (χ2n) is 6.72. The molecule has 1 aromatic rings. The highest BCUT2D eigenvalue weighted by Crippen LogP contribution is 2.32. The van der Waals surface area contributed by atoms with E-state index in [4.69, 9.17) is 9.47 Å². The molecule has 0 saturated heterocycles. The summed E-state index contributed by atoms with van der Waals surface area (Å²) in [6.07, 6.45) is 0. The Morgan fingerprint density at radius 3 is 2.32 bits per heavy atom. The third-order valence-corrected chi connectivity index (χ3v) is 3.08. The number of carbonyl (C=O) groups excluding carboxylic acids is 2. The van der Waals surface area contributed by atoms with Crippen molar-refractivity contribution in [1.29, 1.82) is 0 Å². The highest BCUT2D eigenvalue weighted by molar-refractivity contribution is 6.40. The van der Waals surface area contributed by atoms with Crippen molar-refractivity contribution < 1.29 is 19.1 Å². The van der Waals surface area contributed by atoms with Crippen molar-refractivity contribution in [3.8, 4) is 5.75 Å². The predicted octanol–water partition coefficient (Wildman–Crippen LogP) is 3.76. The first-order valence-electron chi connectivity index (χ1n) is 7.65. The summed E-state index contributed by atoms with van der Waals surface area (Å²) in [5.74, 6) is -0.281. The molecule has 0 aliphatic carbocycles. The van der Waals surface area contributed by atoms with E-state index in [0.717, 1.165) is 11.3 Å². The number of benzene rings is 1. The standard InChI is InChI=1S/C18H26O4/c1-7-21-17(20)16(19)13-8-9-15(22-11-12(2)3)14(10-13)18(4,5)6/h8-10,12H,7,11H2,1-6H3. The SMILES string of the molecule is CCOC(=O)C(=O)c1ccc(OCC(C)C)c(C(C)(C)C)c1. The maximum Gasteiger partial charge on any atom is 0.379 e. The molecule has 0 fully saturated rings. The fourth-order valence-electron chi connectivity index (χ4n) is 1.95. The molecule has 0 spiro atoms. The highest BCUT2D eigenvalue weighted by Gasteiger charge is 2.24. The minimum atomic E-state index is -0.821. The Labute approximate surface area is 132 Å². The zero-order valence-corrected chi connectivity index (χ0v) is 14.4. The minimum absolute atomic E-state index is 0.187. The summed E-state index contributed by atoms with van der Waals surface area (Å²) >= 11 is 0. The lowest BCUT2D eigenvalue weighted by Crippen LogP contribution is -2.20. The van der Waals surface area contributed by atoms with Crippen LogP contribution < -0.4 is 4.74 Å². The van der Waals surface area contributed by atoms with Crippen LogP contribution in [-0.2, 0) is 14.9 Å². The van der Waals surface area contributed by atoms with E-state index in [1.54, 1.807) is 25.1 Å². The average Bonchev–Trinajstić information content (AvgIpc) is 2.43. The van der Waals surface area contributed by atoms with Crippen LogP contribution in [-0.4, -0.2) is 25.0 Å². The van der Waals surface area contributed by atoms with Gasteiger partial charge < -0.3 is 9.47 Å². The molecule has 0 atom stereocenters. The lowest BCUT2D eigenvalue weighted by Gasteiger charge is -2.24. The van der Waals surface area contributed by atoms with Crippen molar-refractivity contribution in [3.05, 3.63) is 29.3 Å². The third-order valence-electron chi connectivity index (χ3n) is 3.08. The van der Waals surface area contributed by atoms with Gasteiger partial charge in [-0.1, -0.05) is 34.6 Å². The number of esters is 1. The van der Waals surface area contributed by atoms with Crippen molar-refractivity contribution in [2.24, 2.45) is 5.92 Å². The summed E-state index contributed by atoms with van der Waals surface area (Å²) in [5, 5.41) is 0. The lowest BCUT2D eigenvalue weighted by molar-refractivity contribution is -0.137. The molecule has 0 amide bonds. The summed E-state index contributed by atoms with van der Waals surface area (Å²) in [4.78, 5) is 23.7. The molecule has 0 bridgehead atoms. The number of carbonyl (C=O) groups is 2. The second kappa shape index (κ2) is 7.43. The van der Waals surface area contributed by atoms with Gasteiger partial charge in [0.1, 0.15) is 5.75 Å². The topological polar surface area (TPSA) is 52.6 Å². The lowest BCUT2D eigenvalue weighted by atomic mass is 9.85. The number of hydrogen-bond acceptors (Lipinski definition) is 4. The first-order valence-corrected chi connectivity index (χ1v) is 7.65. The largest absolute Gasteiger partial charge is 0.493 e. The molecule has 4 nitrogen and oxygen atoms in total. The molecule has 0 aromatic heterocycles. The molecule has 0 unspecified atom stereocenters. The molecule has 0 aliphatic rings. The van der Waals surface area contributed by atoms with Gasteiger partial charge in [-0.05, 0) is 36.5 Å². The Hall–Kier alpha value is -1.84. The molecule has 0 heterocycles. The van der Waals surface area contributed by atoms with E-state index < -0.39 is 11.8 Å². The zero-order chi connectivity index (χ0) is 16.9. The first-order chi connectivity index (χ1) is 10.2. The van der Waals surface area contributed by atoms with Gasteiger partial charge >= 0.3 is 5.97 Å². The molecule has 1 rings (SSSR count). The molecule has 0 saturated carbocycles. The number of rotatable bonds is 6. The molecular weight excluding hydrogens is 280 g/mol. The van der Waals surface area contributed by atoms with Crippen LogP contribution in [0, 0.1) is 5.92 Å². The minimum Gasteiger partial charge on any atom is -0.493 e. The van der Waals surface area contributed by atoms with E-state index in [0.29, 0.717) is 18.1 Å². The van der Waals surface area contributed by atoms with Crippen molar-refractivity contribution >= 4 is 11.8 Å². The van der Waals surface area contributed by atoms with Gasteiger partial charge in [-0.2, -0.15) is 0 Å². The maximum absolute atomic E-state index is 12.1. The quantitative estimate of drug-likeness (QED) is 0.456. The predicted molar refractivity (Wildman–Crippen MR) is 86.4 cm³/mol. The van der Waals surface area contributed by atoms with Crippen LogP contribution in [0.1, 0.15) is 57.5 Å². The van der Waals surface area contributed by atoms with E-state index in [-0.39, 0.29) is 12.0 Å². The normalized spacial score (nSPS) is 11.4. The van der Waals surface area contributed by atoms with Crippen LogP contribution in [0.3, 0.4) is 0 Å². The van der Waals surface area contributed by atoms with Crippen molar-refractivity contribution in [3.63, 3.8) is 0 Å². The fourth-order valence-corrected chi connectivity index (χ4v) is 1.95. The Balaban J connectivity index is 3.15. The zero-order valence-electron chi connectivity index (χ0n) is 14.4. The number of Topliss-reactive ketones (excluding diaryl/α,β-unsaturated/α-hetero) is 1. The molecule has 1 aromatic carbocycles. The van der Waals surface area contributed by atoms with Crippen LogP contribution in [0.25, 0.3) is 0 Å². The van der Waals surface area contributed by atoms with E-state index in [9.17, 15) is 9.59 Å². The van der Waals surface area contributed by atoms with Crippen LogP contribution in [0.5, 0.6) is 5.75 Å². The van der Waals surface area contributed by atoms with Gasteiger partial charge in [0, 0.05) is 11.1 Å². The summed E-state index contributed by atoms with van der Waals surface area (Å²) < 4.78 is 10.6. The van der Waals surface area contributed by atoms with Crippen LogP contribution in [0.4, 0.5) is 0 Å². The summed E-state index contributed by atoms with van der Waals surface area (Å²) in [6.45, 7) is 12.8. The summed E-state index contributed by atoms with van der Waals surface area (Å²) in [5.41, 5.74) is 1.04. The molecule has 0 radical (unpaired) electrons. The smallest absolute Gasteiger partial charge is 0.379 e. The second-order valence-corrected chi connectivity index (χ2v) is 6.72. The Morgan fingerprint density at radius 1 is 1.18 bits per heavy atom. The van der Waals surface area contributed by atoms with Gasteiger partial charge in [-0.25, -0.2) is 4.79 Å². The Kier molecular flexibility index (Phi) is 6.15. The van der Waals surface area contributed by atoms with Gasteiger partial charge in [-0.15, -0.1) is 0 Å².